The van der Waals surface area contributed by atoms with Gasteiger partial charge in [0.2, 0.25) is 0 Å². The van der Waals surface area contributed by atoms with Crippen LogP contribution in [0, 0.1) is 0 Å². The van der Waals surface area contributed by atoms with Crippen molar-refractivity contribution in [1.29, 1.82) is 0 Å². The van der Waals surface area contributed by atoms with E-state index >= 15 is 0 Å². The largest absolute Gasteiger partial charge is 0.457 e. The number of hydrogen-bond donors (Lipinski definition) is 1. The number of ether oxygens (including phenoxy) is 2. The molecule has 0 saturated carbocycles. The molecule has 0 aliphatic carbocycles. The minimum Gasteiger partial charge on any atom is -0.457 e. The van der Waals surface area contributed by atoms with E-state index in [0.717, 1.165) is 28.6 Å². The standard InChI is InChI=1S/2C19H14O.C9H12.C8H10O/c2*1-2-8-14(9-3-1)19-15-10-4-6-12-17(15)20-18-13-7-5-11-16(18)19;1-8(2)9-6-4-3-5-7-9;1-7(9)8-5-3-2-4-6-8/h2*1-13,19H;3-8H,1-2H3;2-7,9H,1H3. The fraction of sp³-hybridized carbons (Fsp3) is 0.127. The van der Waals surface area contributed by atoms with Crippen LogP contribution in [0.4, 0.5) is 0 Å². The van der Waals surface area contributed by atoms with Crippen LogP contribution in [-0.4, -0.2) is 5.11 Å². The second kappa shape index (κ2) is 19.5. The molecule has 3 heteroatoms. The van der Waals surface area contributed by atoms with Gasteiger partial charge in [0.15, 0.2) is 0 Å². The summed E-state index contributed by atoms with van der Waals surface area (Å²) in [5, 5.41) is 9.02. The molecule has 8 aromatic rings. The van der Waals surface area contributed by atoms with Crippen molar-refractivity contribution in [3.63, 3.8) is 0 Å². The molecule has 2 aliphatic heterocycles. The molecule has 0 bridgehead atoms. The predicted octanol–water partition coefficient (Wildman–Crippen LogP) is 14.5. The van der Waals surface area contributed by atoms with Crippen molar-refractivity contribution in [3.05, 3.63) is 263 Å². The molecule has 0 radical (unpaired) electrons. The van der Waals surface area contributed by atoms with Gasteiger partial charge in [0.05, 0.1) is 6.10 Å². The van der Waals surface area contributed by atoms with Crippen LogP contribution in [0.2, 0.25) is 0 Å². The number of aliphatic hydroxyl groups is 1. The summed E-state index contributed by atoms with van der Waals surface area (Å²) in [7, 11) is 0. The second-order valence-corrected chi connectivity index (χ2v) is 14.7. The lowest BCUT2D eigenvalue weighted by Gasteiger charge is -2.28. The quantitative estimate of drug-likeness (QED) is 0.194. The lowest BCUT2D eigenvalue weighted by atomic mass is 9.83. The van der Waals surface area contributed by atoms with Gasteiger partial charge < -0.3 is 14.6 Å². The highest BCUT2D eigenvalue weighted by atomic mass is 16.5. The summed E-state index contributed by atoms with van der Waals surface area (Å²) in [6, 6.07) is 74.5. The number of fused-ring (bicyclic) bond motifs is 4. The number of para-hydroxylation sites is 4. The van der Waals surface area contributed by atoms with Gasteiger partial charge in [0, 0.05) is 34.1 Å². The Labute approximate surface area is 343 Å². The van der Waals surface area contributed by atoms with Crippen molar-refractivity contribution < 1.29 is 14.6 Å². The highest BCUT2D eigenvalue weighted by Crippen LogP contribution is 2.48. The maximum Gasteiger partial charge on any atom is 0.131 e. The van der Waals surface area contributed by atoms with E-state index in [1.54, 1.807) is 6.92 Å². The molecule has 2 heterocycles. The van der Waals surface area contributed by atoms with Crippen LogP contribution in [0.15, 0.2) is 218 Å². The van der Waals surface area contributed by atoms with Crippen LogP contribution in [0.3, 0.4) is 0 Å². The third kappa shape index (κ3) is 9.64. The van der Waals surface area contributed by atoms with E-state index in [4.69, 9.17) is 14.6 Å². The molecule has 0 saturated heterocycles. The van der Waals surface area contributed by atoms with Crippen molar-refractivity contribution >= 4 is 0 Å². The van der Waals surface area contributed by atoms with Gasteiger partial charge in [0.1, 0.15) is 23.0 Å². The van der Waals surface area contributed by atoms with Crippen molar-refractivity contribution in [1.82, 2.24) is 0 Å². The fourth-order valence-corrected chi connectivity index (χ4v) is 7.40. The molecule has 1 N–H and O–H groups in total. The maximum atomic E-state index is 9.02. The van der Waals surface area contributed by atoms with Crippen LogP contribution in [0.5, 0.6) is 23.0 Å². The second-order valence-electron chi connectivity index (χ2n) is 14.7. The Balaban J connectivity index is 0.000000126. The topological polar surface area (TPSA) is 38.7 Å². The molecule has 0 amide bonds. The first-order chi connectivity index (χ1) is 28.5. The molecule has 288 valence electrons. The third-order valence-electron chi connectivity index (χ3n) is 10.4. The Hall–Kier alpha value is -6.68. The van der Waals surface area contributed by atoms with Crippen LogP contribution in [-0.2, 0) is 0 Å². The molecular weight excluding hydrogens is 709 g/mol. The van der Waals surface area contributed by atoms with Gasteiger partial charge in [-0.3, -0.25) is 0 Å². The van der Waals surface area contributed by atoms with Gasteiger partial charge in [-0.25, -0.2) is 0 Å². The first-order valence-electron chi connectivity index (χ1n) is 20.1. The number of aliphatic hydroxyl groups excluding tert-OH is 1. The van der Waals surface area contributed by atoms with E-state index in [0.29, 0.717) is 5.92 Å². The first kappa shape index (κ1) is 39.6. The van der Waals surface area contributed by atoms with Crippen molar-refractivity contribution in [2.45, 2.75) is 44.6 Å². The molecular formula is C55H50O3. The summed E-state index contributed by atoms with van der Waals surface area (Å²) in [4.78, 5) is 0. The Kier molecular flexibility index (Phi) is 13.3. The summed E-state index contributed by atoms with van der Waals surface area (Å²) >= 11 is 0. The molecule has 1 atom stereocenters. The maximum absolute atomic E-state index is 9.02. The van der Waals surface area contributed by atoms with Gasteiger partial charge in [-0.2, -0.15) is 0 Å². The SMILES string of the molecule is CC(C)c1ccccc1.CC(O)c1ccccc1.c1ccc(C2c3ccccc3Oc3ccccc32)cc1.c1ccc(C2c3ccccc3Oc3ccccc32)cc1. The molecule has 2 aliphatic rings. The number of hydrogen-bond acceptors (Lipinski definition) is 3. The highest BCUT2D eigenvalue weighted by molar-refractivity contribution is 5.59. The monoisotopic (exact) mass is 758 g/mol. The number of benzene rings is 8. The molecule has 0 spiro atoms. The van der Waals surface area contributed by atoms with Crippen molar-refractivity contribution in [2.75, 3.05) is 0 Å². The molecule has 3 nitrogen and oxygen atoms in total. The van der Waals surface area contributed by atoms with E-state index < -0.39 is 0 Å². The summed E-state index contributed by atoms with van der Waals surface area (Å²) in [5.41, 5.74) is 9.92. The van der Waals surface area contributed by atoms with Crippen LogP contribution in [0.1, 0.15) is 89.1 Å². The summed E-state index contributed by atoms with van der Waals surface area (Å²) in [5.74, 6) is 4.99. The van der Waals surface area contributed by atoms with Crippen LogP contribution < -0.4 is 9.47 Å². The minimum absolute atomic E-state index is 0.248. The zero-order chi connectivity index (χ0) is 40.1. The van der Waals surface area contributed by atoms with Crippen LogP contribution in [0.25, 0.3) is 0 Å². The Morgan fingerprint density at radius 3 is 0.845 bits per heavy atom. The van der Waals surface area contributed by atoms with Crippen molar-refractivity contribution in [2.24, 2.45) is 0 Å². The van der Waals surface area contributed by atoms with E-state index in [9.17, 15) is 0 Å². The Bertz CT molecular complexity index is 2190. The lowest BCUT2D eigenvalue weighted by molar-refractivity contribution is 0.199. The third-order valence-corrected chi connectivity index (χ3v) is 10.4. The van der Waals surface area contributed by atoms with Gasteiger partial charge in [-0.15, -0.1) is 0 Å². The first-order valence-corrected chi connectivity index (χ1v) is 20.1. The lowest BCUT2D eigenvalue weighted by Crippen LogP contribution is -2.11. The molecule has 10 rings (SSSR count). The van der Waals surface area contributed by atoms with E-state index in [-0.39, 0.29) is 17.9 Å². The zero-order valence-corrected chi connectivity index (χ0v) is 33.4. The molecule has 0 aromatic heterocycles. The Morgan fingerprint density at radius 1 is 0.328 bits per heavy atom. The molecule has 58 heavy (non-hydrogen) atoms. The normalized spacial score (nSPS) is 12.7. The van der Waals surface area contributed by atoms with E-state index in [1.165, 1.54) is 38.9 Å². The van der Waals surface area contributed by atoms with E-state index in [1.807, 2.05) is 84.9 Å². The van der Waals surface area contributed by atoms with E-state index in [2.05, 4.69) is 147 Å². The van der Waals surface area contributed by atoms with Crippen LogP contribution >= 0.6 is 0 Å². The summed E-state index contributed by atoms with van der Waals surface area (Å²) in [6.45, 7) is 6.17. The summed E-state index contributed by atoms with van der Waals surface area (Å²) in [6.07, 6.45) is -0.341. The minimum atomic E-state index is -0.341. The van der Waals surface area contributed by atoms with Gasteiger partial charge in [-0.1, -0.05) is 208 Å². The van der Waals surface area contributed by atoms with Gasteiger partial charge >= 0.3 is 0 Å². The molecule has 8 aromatic carbocycles. The zero-order valence-electron chi connectivity index (χ0n) is 33.4. The smallest absolute Gasteiger partial charge is 0.131 e. The Morgan fingerprint density at radius 2 is 0.586 bits per heavy atom. The fourth-order valence-electron chi connectivity index (χ4n) is 7.40. The predicted molar refractivity (Wildman–Crippen MR) is 238 cm³/mol. The average Bonchev–Trinajstić information content (AvgIpc) is 3.29. The molecule has 1 unspecified atom stereocenters. The summed E-state index contributed by atoms with van der Waals surface area (Å²) < 4.78 is 12.1. The number of rotatable bonds is 4. The molecule has 0 fully saturated rings. The van der Waals surface area contributed by atoms with Gasteiger partial charge in [0.25, 0.3) is 0 Å². The highest BCUT2D eigenvalue weighted by Gasteiger charge is 2.29. The average molecular weight is 759 g/mol. The van der Waals surface area contributed by atoms with Gasteiger partial charge in [-0.05, 0) is 59.4 Å². The van der Waals surface area contributed by atoms with Crippen molar-refractivity contribution in [3.8, 4) is 23.0 Å².